The quantitative estimate of drug-likeness (QED) is 0.151. The number of allylic oxidation sites excluding steroid dienone is 1. The molecule has 6 rings (SSSR count). The highest BCUT2D eigenvalue weighted by Gasteiger charge is 2.57. The molecule has 11 nitrogen and oxygen atoms in total. The summed E-state index contributed by atoms with van der Waals surface area (Å²) >= 11 is 0. The Bertz CT molecular complexity index is 1620. The van der Waals surface area contributed by atoms with Crippen molar-refractivity contribution in [3.05, 3.63) is 89.2 Å². The summed E-state index contributed by atoms with van der Waals surface area (Å²) < 4.78 is 17.4. The summed E-state index contributed by atoms with van der Waals surface area (Å²) in [6, 6.07) is 15.2. The van der Waals surface area contributed by atoms with Gasteiger partial charge in [-0.25, -0.2) is 0 Å². The van der Waals surface area contributed by atoms with Gasteiger partial charge in [0.25, 0.3) is 0 Å². The molecule has 2 fully saturated rings. The summed E-state index contributed by atoms with van der Waals surface area (Å²) in [4.78, 5) is 33.4. The number of benzene rings is 1. The molecule has 13 heteroatoms. The molecule has 2 saturated heterocycles. The number of imide groups is 1. The Morgan fingerprint density at radius 1 is 1.13 bits per heavy atom. The summed E-state index contributed by atoms with van der Waals surface area (Å²) in [6.07, 6.45) is 4.42. The van der Waals surface area contributed by atoms with Crippen molar-refractivity contribution >= 4 is 48.9 Å². The number of nitrogens with zero attached hydrogens (tertiary/aromatic N) is 2. The van der Waals surface area contributed by atoms with E-state index in [1.54, 1.807) is 37.6 Å². The van der Waals surface area contributed by atoms with Crippen molar-refractivity contribution in [2.45, 2.75) is 38.3 Å². The number of methoxy groups -OCH3 is 1. The zero-order valence-electron chi connectivity index (χ0n) is 24.8. The molecule has 3 aromatic rings. The van der Waals surface area contributed by atoms with Gasteiger partial charge >= 0.3 is 14.2 Å². The molecule has 232 valence electrons. The number of aliphatic hydroxyl groups is 1. The van der Waals surface area contributed by atoms with Crippen LogP contribution in [0.25, 0.3) is 11.6 Å². The molecule has 4 atom stereocenters. The predicted octanol–water partition coefficient (Wildman–Crippen LogP) is 1.82. The van der Waals surface area contributed by atoms with Crippen molar-refractivity contribution in [3.63, 3.8) is 0 Å². The third-order valence-corrected chi connectivity index (χ3v) is 8.88. The van der Waals surface area contributed by atoms with Gasteiger partial charge in [0.05, 0.1) is 35.9 Å². The maximum atomic E-state index is 14.0. The van der Waals surface area contributed by atoms with Gasteiger partial charge in [-0.2, -0.15) is 0 Å². The molecule has 1 aromatic carbocycles. The van der Waals surface area contributed by atoms with Crippen molar-refractivity contribution in [1.29, 1.82) is 0 Å². The second-order valence-electron chi connectivity index (χ2n) is 11.6. The first-order valence-corrected chi connectivity index (χ1v) is 15.0. The number of ether oxygens (including phenoxy) is 1. The Balaban J connectivity index is 1.32. The second kappa shape index (κ2) is 13.3. The Morgan fingerprint density at radius 3 is 2.69 bits per heavy atom. The number of rotatable bonds is 10. The maximum absolute atomic E-state index is 14.0. The zero-order valence-corrected chi connectivity index (χ0v) is 24.8. The molecule has 0 saturated carbocycles. The normalized spacial score (nSPS) is 23.4. The molecule has 2 amide bonds. The van der Waals surface area contributed by atoms with Gasteiger partial charge in [0.1, 0.15) is 18.1 Å². The van der Waals surface area contributed by atoms with Crippen LogP contribution in [0.3, 0.4) is 0 Å². The molecule has 45 heavy (non-hydrogen) atoms. The minimum atomic E-state index is -1.75. The zero-order chi connectivity index (χ0) is 31.7. The van der Waals surface area contributed by atoms with Crippen LogP contribution in [0.5, 0.6) is 0 Å². The van der Waals surface area contributed by atoms with E-state index in [0.29, 0.717) is 30.8 Å². The topological polar surface area (TPSA) is 163 Å². The van der Waals surface area contributed by atoms with Gasteiger partial charge in [0.2, 0.25) is 11.8 Å². The lowest BCUT2D eigenvalue weighted by atomic mass is 9.58. The first-order chi connectivity index (χ1) is 21.8. The van der Waals surface area contributed by atoms with E-state index in [1.165, 1.54) is 12.1 Å². The van der Waals surface area contributed by atoms with Crippen LogP contribution in [0.4, 0.5) is 5.69 Å². The van der Waals surface area contributed by atoms with E-state index in [0.717, 1.165) is 27.3 Å². The summed E-state index contributed by atoms with van der Waals surface area (Å²) in [5, 5.41) is 39.7. The smallest absolute Gasteiger partial charge is 0.459 e. The summed E-state index contributed by atoms with van der Waals surface area (Å²) in [5.41, 5.74) is 3.81. The van der Waals surface area contributed by atoms with Gasteiger partial charge in [-0.15, -0.1) is 0 Å². The standard InChI is InChI=1S/C32H34B2N2O9/c1-43-18-20-14-25-30(32(39)36(31(25)38)22-6-4-5-21(15-22)34(41)42)26-16-33(40)45-28(29(20)26)11-8-19(27-7-2-3-12-35-27)13-23-9-10-24(17-37)44-23/h2-7,9-10,12-13,15,25-26,28,30,37,40-42H,8,11,14,16-18H2,1H3/b19-13-/t25-,26+,28-,30-/m1/s1. The third-order valence-electron chi connectivity index (χ3n) is 8.88. The monoisotopic (exact) mass is 612 g/mol. The minimum Gasteiger partial charge on any atom is -0.459 e. The van der Waals surface area contributed by atoms with E-state index < -0.39 is 38.1 Å². The van der Waals surface area contributed by atoms with Crippen LogP contribution in [0.15, 0.2) is 76.4 Å². The number of carbonyl (C=O) groups is 2. The van der Waals surface area contributed by atoms with Gasteiger partial charge < -0.3 is 34.0 Å². The SMILES string of the molecule is COCC1=C2[C@@H](CC/C(=C/c3ccc(CO)o3)c3ccccn3)OB(O)C[C@@H]2[C@@H]2C(=O)N(c3cccc(B(O)O)c3)C(=O)[C@@H]2C1. The molecular formula is C32H34B2N2O9. The van der Waals surface area contributed by atoms with Gasteiger partial charge in [0.15, 0.2) is 0 Å². The van der Waals surface area contributed by atoms with Crippen molar-refractivity contribution in [1.82, 2.24) is 4.98 Å². The van der Waals surface area contributed by atoms with Crippen molar-refractivity contribution in [2.75, 3.05) is 18.6 Å². The highest BCUT2D eigenvalue weighted by Crippen LogP contribution is 2.51. The number of pyridine rings is 1. The number of anilines is 1. The Labute approximate surface area is 261 Å². The fourth-order valence-corrected chi connectivity index (χ4v) is 6.99. The average Bonchev–Trinajstić information content (AvgIpc) is 3.60. The predicted molar refractivity (Wildman–Crippen MR) is 166 cm³/mol. The number of hydrogen-bond donors (Lipinski definition) is 4. The molecule has 0 unspecified atom stereocenters. The Morgan fingerprint density at radius 2 is 1.98 bits per heavy atom. The number of aliphatic hydroxyl groups excluding tert-OH is 1. The van der Waals surface area contributed by atoms with E-state index in [-0.39, 0.29) is 42.5 Å². The fourth-order valence-electron chi connectivity index (χ4n) is 6.99. The highest BCUT2D eigenvalue weighted by atomic mass is 16.5. The van der Waals surface area contributed by atoms with Crippen molar-refractivity contribution in [2.24, 2.45) is 17.8 Å². The van der Waals surface area contributed by atoms with Crippen LogP contribution < -0.4 is 10.4 Å². The Kier molecular flexibility index (Phi) is 9.18. The minimum absolute atomic E-state index is 0.155. The van der Waals surface area contributed by atoms with Gasteiger partial charge in [-0.05, 0) is 96.2 Å². The molecule has 0 bridgehead atoms. The Hall–Kier alpha value is -3.84. The van der Waals surface area contributed by atoms with Crippen LogP contribution in [0.1, 0.15) is 36.5 Å². The van der Waals surface area contributed by atoms with Gasteiger partial charge in [-0.3, -0.25) is 19.5 Å². The molecule has 2 aromatic heterocycles. The van der Waals surface area contributed by atoms with E-state index >= 15 is 0 Å². The molecule has 4 N–H and O–H groups in total. The van der Waals surface area contributed by atoms with E-state index in [4.69, 9.17) is 13.8 Å². The first-order valence-electron chi connectivity index (χ1n) is 15.0. The van der Waals surface area contributed by atoms with Gasteiger partial charge in [0, 0.05) is 13.3 Å². The lowest BCUT2D eigenvalue weighted by Gasteiger charge is -2.43. The molecular weight excluding hydrogens is 578 g/mol. The summed E-state index contributed by atoms with van der Waals surface area (Å²) in [7, 11) is -1.31. The van der Waals surface area contributed by atoms with Crippen LogP contribution in [0, 0.1) is 17.8 Å². The van der Waals surface area contributed by atoms with E-state index in [9.17, 15) is 29.8 Å². The first kappa shape index (κ1) is 31.2. The number of fused-ring (bicyclic) bond motifs is 3. The number of hydrogen-bond acceptors (Lipinski definition) is 10. The van der Waals surface area contributed by atoms with Crippen LogP contribution in [-0.4, -0.2) is 71.0 Å². The van der Waals surface area contributed by atoms with Crippen molar-refractivity contribution in [3.8, 4) is 0 Å². The fraction of sp³-hybridized carbons (Fsp3) is 0.344. The maximum Gasteiger partial charge on any atom is 0.488 e. The number of carbonyl (C=O) groups excluding carboxylic acids is 2. The molecule has 0 radical (unpaired) electrons. The van der Waals surface area contributed by atoms with E-state index in [1.807, 2.05) is 24.3 Å². The third kappa shape index (κ3) is 6.19. The summed E-state index contributed by atoms with van der Waals surface area (Å²) in [5.74, 6) is -1.53. The number of aromatic nitrogens is 1. The average molecular weight is 612 g/mol. The lowest BCUT2D eigenvalue weighted by Crippen LogP contribution is -2.46. The van der Waals surface area contributed by atoms with Crippen molar-refractivity contribution < 1.29 is 43.6 Å². The van der Waals surface area contributed by atoms with E-state index in [2.05, 4.69) is 4.98 Å². The molecule has 3 aliphatic rings. The number of furan rings is 1. The second-order valence-corrected chi connectivity index (χ2v) is 11.6. The van der Waals surface area contributed by atoms with Crippen LogP contribution in [-0.2, 0) is 25.6 Å². The largest absolute Gasteiger partial charge is 0.488 e. The van der Waals surface area contributed by atoms with Crippen LogP contribution >= 0.6 is 0 Å². The van der Waals surface area contributed by atoms with Crippen LogP contribution in [0.2, 0.25) is 6.32 Å². The number of amides is 2. The molecule has 2 aliphatic heterocycles. The molecule has 4 heterocycles. The highest BCUT2D eigenvalue weighted by molar-refractivity contribution is 6.58. The summed E-state index contributed by atoms with van der Waals surface area (Å²) in [6.45, 7) is 0.0337. The molecule has 0 spiro atoms. The van der Waals surface area contributed by atoms with Gasteiger partial charge in [-0.1, -0.05) is 18.2 Å². The lowest BCUT2D eigenvalue weighted by molar-refractivity contribution is -0.122. The molecule has 1 aliphatic carbocycles.